The highest BCUT2D eigenvalue weighted by atomic mass is 15.1. The topological polar surface area (TPSA) is 29.3 Å². The van der Waals surface area contributed by atoms with Crippen LogP contribution in [0.15, 0.2) is 24.3 Å². The Labute approximate surface area is 119 Å². The first-order chi connectivity index (χ1) is 9.30. The Morgan fingerprint density at radius 2 is 1.42 bits per heavy atom. The van der Waals surface area contributed by atoms with Crippen molar-refractivity contribution in [3.05, 3.63) is 35.4 Å². The average Bonchev–Trinajstić information content (AvgIpc) is 2.44. The molecule has 0 aromatic heterocycles. The number of rotatable bonds is 10. The maximum atomic E-state index is 5.58. The van der Waals surface area contributed by atoms with Crippen molar-refractivity contribution >= 4 is 0 Å². The van der Waals surface area contributed by atoms with Crippen molar-refractivity contribution in [2.45, 2.75) is 52.5 Å². The number of hydrogen-bond acceptors (Lipinski definition) is 2. The first kappa shape index (κ1) is 16.2. The summed E-state index contributed by atoms with van der Waals surface area (Å²) in [4.78, 5) is 2.59. The molecular formula is C17H30N2. The first-order valence-electron chi connectivity index (χ1n) is 7.80. The average molecular weight is 262 g/mol. The molecule has 1 rings (SSSR count). The summed E-state index contributed by atoms with van der Waals surface area (Å²) in [6.45, 7) is 8.79. The van der Waals surface area contributed by atoms with Crippen LogP contribution in [-0.2, 0) is 13.0 Å². The maximum Gasteiger partial charge on any atom is 0.0233 e. The molecule has 0 radical (unpaired) electrons. The van der Waals surface area contributed by atoms with Gasteiger partial charge in [-0.15, -0.1) is 0 Å². The van der Waals surface area contributed by atoms with Gasteiger partial charge >= 0.3 is 0 Å². The van der Waals surface area contributed by atoms with Gasteiger partial charge in [-0.1, -0.05) is 51.0 Å². The second-order valence-electron chi connectivity index (χ2n) is 5.34. The smallest absolute Gasteiger partial charge is 0.0233 e. The highest BCUT2D eigenvalue weighted by Gasteiger charge is 2.05. The van der Waals surface area contributed by atoms with Crippen LogP contribution >= 0.6 is 0 Å². The van der Waals surface area contributed by atoms with E-state index in [-0.39, 0.29) is 0 Å². The van der Waals surface area contributed by atoms with Crippen molar-refractivity contribution in [1.82, 2.24) is 4.90 Å². The molecule has 0 spiro atoms. The van der Waals surface area contributed by atoms with Crippen molar-refractivity contribution in [2.75, 3.05) is 19.6 Å². The van der Waals surface area contributed by atoms with E-state index in [4.69, 9.17) is 5.73 Å². The van der Waals surface area contributed by atoms with E-state index in [1.807, 2.05) is 0 Å². The van der Waals surface area contributed by atoms with Gasteiger partial charge in [-0.25, -0.2) is 0 Å². The zero-order valence-electron chi connectivity index (χ0n) is 12.7. The van der Waals surface area contributed by atoms with E-state index in [1.165, 1.54) is 49.9 Å². The number of benzene rings is 1. The largest absolute Gasteiger partial charge is 0.330 e. The van der Waals surface area contributed by atoms with Crippen molar-refractivity contribution < 1.29 is 0 Å². The van der Waals surface area contributed by atoms with Crippen LogP contribution in [0.25, 0.3) is 0 Å². The minimum absolute atomic E-state index is 0.735. The summed E-state index contributed by atoms with van der Waals surface area (Å²) in [5, 5.41) is 0. The Morgan fingerprint density at radius 3 is 1.89 bits per heavy atom. The third-order valence-electron chi connectivity index (χ3n) is 3.52. The van der Waals surface area contributed by atoms with Gasteiger partial charge in [0.05, 0.1) is 0 Å². The van der Waals surface area contributed by atoms with Crippen LogP contribution in [0.4, 0.5) is 0 Å². The molecule has 2 heteroatoms. The Balaban J connectivity index is 2.51. The van der Waals surface area contributed by atoms with Gasteiger partial charge in [0.1, 0.15) is 0 Å². The third kappa shape index (κ3) is 6.74. The van der Waals surface area contributed by atoms with E-state index in [1.54, 1.807) is 0 Å². The monoisotopic (exact) mass is 262 g/mol. The van der Waals surface area contributed by atoms with Crippen LogP contribution in [0.5, 0.6) is 0 Å². The summed E-state index contributed by atoms with van der Waals surface area (Å²) < 4.78 is 0. The molecule has 0 unspecified atom stereocenters. The zero-order valence-corrected chi connectivity index (χ0v) is 12.7. The van der Waals surface area contributed by atoms with E-state index < -0.39 is 0 Å². The van der Waals surface area contributed by atoms with Crippen LogP contribution in [0.3, 0.4) is 0 Å². The number of nitrogens with zero attached hydrogens (tertiary/aromatic N) is 1. The molecule has 19 heavy (non-hydrogen) atoms. The fourth-order valence-corrected chi connectivity index (χ4v) is 2.27. The van der Waals surface area contributed by atoms with Gasteiger partial charge in [-0.05, 0) is 50.0 Å². The lowest BCUT2D eigenvalue weighted by Gasteiger charge is -2.22. The lowest BCUT2D eigenvalue weighted by molar-refractivity contribution is 0.257. The summed E-state index contributed by atoms with van der Waals surface area (Å²) >= 11 is 0. The Morgan fingerprint density at radius 1 is 0.895 bits per heavy atom. The summed E-state index contributed by atoms with van der Waals surface area (Å²) in [7, 11) is 0. The van der Waals surface area contributed by atoms with Crippen molar-refractivity contribution in [1.29, 1.82) is 0 Å². The van der Waals surface area contributed by atoms with Crippen LogP contribution in [0, 0.1) is 0 Å². The molecule has 0 aliphatic rings. The molecule has 0 atom stereocenters. The predicted octanol–water partition coefficient (Wildman–Crippen LogP) is 3.59. The van der Waals surface area contributed by atoms with Gasteiger partial charge in [0.25, 0.3) is 0 Å². The van der Waals surface area contributed by atoms with Crippen molar-refractivity contribution in [3.63, 3.8) is 0 Å². The van der Waals surface area contributed by atoms with Crippen LogP contribution in [-0.4, -0.2) is 24.5 Å². The lowest BCUT2D eigenvalue weighted by atomic mass is 10.1. The first-order valence-corrected chi connectivity index (χ1v) is 7.80. The van der Waals surface area contributed by atoms with E-state index in [0.717, 1.165) is 19.5 Å². The highest BCUT2D eigenvalue weighted by Crippen LogP contribution is 2.10. The molecule has 0 aliphatic carbocycles. The van der Waals surface area contributed by atoms with Crippen LogP contribution in [0.2, 0.25) is 0 Å². The minimum Gasteiger partial charge on any atom is -0.330 e. The summed E-state index contributed by atoms with van der Waals surface area (Å²) in [5.74, 6) is 0. The maximum absolute atomic E-state index is 5.58. The number of unbranched alkanes of at least 4 members (excludes halogenated alkanes) is 2. The fraction of sp³-hybridized carbons (Fsp3) is 0.647. The van der Waals surface area contributed by atoms with Gasteiger partial charge < -0.3 is 5.73 Å². The van der Waals surface area contributed by atoms with E-state index in [2.05, 4.69) is 43.0 Å². The molecular weight excluding hydrogens is 232 g/mol. The van der Waals surface area contributed by atoms with Crippen molar-refractivity contribution in [3.8, 4) is 0 Å². The van der Waals surface area contributed by atoms with Gasteiger partial charge in [-0.3, -0.25) is 4.90 Å². The third-order valence-corrected chi connectivity index (χ3v) is 3.52. The molecule has 2 N–H and O–H groups in total. The summed E-state index contributed by atoms with van der Waals surface area (Å²) in [5.41, 5.74) is 8.35. The molecule has 0 amide bonds. The summed E-state index contributed by atoms with van der Waals surface area (Å²) in [6.07, 6.45) is 6.13. The molecule has 0 saturated heterocycles. The number of hydrogen-bond donors (Lipinski definition) is 1. The van der Waals surface area contributed by atoms with Gasteiger partial charge in [0.2, 0.25) is 0 Å². The summed E-state index contributed by atoms with van der Waals surface area (Å²) in [6, 6.07) is 8.96. The molecule has 0 fully saturated rings. The normalized spacial score (nSPS) is 11.2. The zero-order chi connectivity index (χ0) is 13.9. The van der Waals surface area contributed by atoms with E-state index in [9.17, 15) is 0 Å². The standard InChI is InChI=1S/C17H30N2/c1-3-5-13-19(14-6-4-2)15-17-9-7-16(8-10-17)11-12-18/h7-10H,3-6,11-15,18H2,1-2H3. The molecule has 2 nitrogen and oxygen atoms in total. The quantitative estimate of drug-likeness (QED) is 0.698. The second kappa shape index (κ2) is 9.99. The van der Waals surface area contributed by atoms with Crippen molar-refractivity contribution in [2.24, 2.45) is 5.73 Å². The fourth-order valence-electron chi connectivity index (χ4n) is 2.27. The molecule has 0 aliphatic heterocycles. The van der Waals surface area contributed by atoms with E-state index in [0.29, 0.717) is 0 Å². The highest BCUT2D eigenvalue weighted by molar-refractivity contribution is 5.22. The van der Waals surface area contributed by atoms with Crippen LogP contribution in [0.1, 0.15) is 50.7 Å². The van der Waals surface area contributed by atoms with E-state index >= 15 is 0 Å². The van der Waals surface area contributed by atoms with Gasteiger partial charge in [0.15, 0.2) is 0 Å². The van der Waals surface area contributed by atoms with Gasteiger partial charge in [0, 0.05) is 6.54 Å². The number of nitrogens with two attached hydrogens (primary N) is 1. The minimum atomic E-state index is 0.735. The molecule has 0 saturated carbocycles. The molecule has 108 valence electrons. The Kier molecular flexibility index (Phi) is 8.52. The molecule has 0 heterocycles. The Bertz CT molecular complexity index is 311. The lowest BCUT2D eigenvalue weighted by Crippen LogP contribution is -2.25. The molecule has 0 bridgehead atoms. The van der Waals surface area contributed by atoms with Gasteiger partial charge in [-0.2, -0.15) is 0 Å². The van der Waals surface area contributed by atoms with Crippen LogP contribution < -0.4 is 5.73 Å². The molecule has 1 aromatic rings. The SMILES string of the molecule is CCCCN(CCCC)Cc1ccc(CCN)cc1. The molecule has 1 aromatic carbocycles. The predicted molar refractivity (Wildman–Crippen MR) is 84.3 cm³/mol. The Hall–Kier alpha value is -0.860. The second-order valence-corrected chi connectivity index (χ2v) is 5.34.